The topological polar surface area (TPSA) is 101 Å². The lowest BCUT2D eigenvalue weighted by atomic mass is 10.1. The van der Waals surface area contributed by atoms with E-state index in [4.69, 9.17) is 5.73 Å². The van der Waals surface area contributed by atoms with Crippen LogP contribution < -0.4 is 21.9 Å². The molecule has 0 unspecified atom stereocenters. The van der Waals surface area contributed by atoms with Gasteiger partial charge in [0, 0.05) is 18.7 Å². The Morgan fingerprint density at radius 2 is 1.93 bits per heavy atom. The number of amides is 1. The van der Waals surface area contributed by atoms with Crippen molar-refractivity contribution in [2.24, 2.45) is 5.92 Å². The third kappa shape index (κ3) is 5.11. The van der Waals surface area contributed by atoms with Crippen molar-refractivity contribution in [3.05, 3.63) is 56.2 Å². The number of aromatic nitrogens is 2. The quantitative estimate of drug-likeness (QED) is 0.710. The van der Waals surface area contributed by atoms with Crippen molar-refractivity contribution in [2.75, 3.05) is 17.2 Å². The third-order valence-electron chi connectivity index (χ3n) is 4.45. The molecule has 7 nitrogen and oxygen atoms in total. The SMILES string of the molecule is CCCCn1c(N)c(N(CC(C)C)C(=O)c2cccc(C(F)(F)F)c2)c(=O)[nH]c1=O. The minimum Gasteiger partial charge on any atom is -0.383 e. The predicted octanol–water partition coefficient (Wildman–Crippen LogP) is 3.24. The largest absolute Gasteiger partial charge is 0.416 e. The van der Waals surface area contributed by atoms with Crippen LogP contribution in [-0.4, -0.2) is 22.0 Å². The maximum Gasteiger partial charge on any atom is 0.416 e. The molecule has 0 saturated carbocycles. The number of nitrogens with one attached hydrogen (secondary N) is 1. The standard InChI is InChI=1S/C20H25F3N4O3/c1-4-5-9-26-16(24)15(17(28)25-19(26)30)27(11-12(2)3)18(29)13-7-6-8-14(10-13)20(21,22)23/h6-8,10,12H,4-5,9,11,24H2,1-3H3,(H,25,28,30). The molecule has 2 aromatic rings. The number of halogens is 3. The molecule has 0 aliphatic heterocycles. The fraction of sp³-hybridized carbons (Fsp3) is 0.450. The van der Waals surface area contributed by atoms with Gasteiger partial charge < -0.3 is 10.6 Å². The van der Waals surface area contributed by atoms with E-state index in [1.165, 1.54) is 6.07 Å². The van der Waals surface area contributed by atoms with Crippen molar-refractivity contribution in [1.82, 2.24) is 9.55 Å². The molecule has 0 radical (unpaired) electrons. The summed E-state index contributed by atoms with van der Waals surface area (Å²) in [4.78, 5) is 41.0. The highest BCUT2D eigenvalue weighted by Gasteiger charge is 2.32. The summed E-state index contributed by atoms with van der Waals surface area (Å²) in [6, 6.07) is 3.95. The second-order valence-electron chi connectivity index (χ2n) is 7.39. The van der Waals surface area contributed by atoms with Gasteiger partial charge in [-0.1, -0.05) is 33.3 Å². The van der Waals surface area contributed by atoms with Gasteiger partial charge in [-0.05, 0) is 30.5 Å². The van der Waals surface area contributed by atoms with Crippen LogP contribution in [0.1, 0.15) is 49.5 Å². The van der Waals surface area contributed by atoms with Gasteiger partial charge in [0.15, 0.2) is 5.69 Å². The van der Waals surface area contributed by atoms with Crippen LogP contribution in [0.2, 0.25) is 0 Å². The summed E-state index contributed by atoms with van der Waals surface area (Å²) in [5, 5.41) is 0. The van der Waals surface area contributed by atoms with Crippen molar-refractivity contribution in [1.29, 1.82) is 0 Å². The van der Waals surface area contributed by atoms with Gasteiger partial charge in [0.1, 0.15) is 5.82 Å². The summed E-state index contributed by atoms with van der Waals surface area (Å²) in [5.74, 6) is -1.14. The van der Waals surface area contributed by atoms with E-state index in [2.05, 4.69) is 4.98 Å². The number of unbranched alkanes of at least 4 members (excludes halogenated alkanes) is 1. The number of H-pyrrole nitrogens is 1. The van der Waals surface area contributed by atoms with Crippen LogP contribution in [0.5, 0.6) is 0 Å². The zero-order chi connectivity index (χ0) is 22.6. The number of nitrogens with two attached hydrogens (primary N) is 1. The minimum absolute atomic E-state index is 0.0222. The molecule has 30 heavy (non-hydrogen) atoms. The van der Waals surface area contributed by atoms with Gasteiger partial charge >= 0.3 is 11.9 Å². The fourth-order valence-electron chi connectivity index (χ4n) is 3.00. The Morgan fingerprint density at radius 3 is 2.50 bits per heavy atom. The molecule has 1 heterocycles. The van der Waals surface area contributed by atoms with Gasteiger partial charge in [-0.25, -0.2) is 4.79 Å². The summed E-state index contributed by atoms with van der Waals surface area (Å²) in [6.07, 6.45) is -3.25. The predicted molar refractivity (Wildman–Crippen MR) is 109 cm³/mol. The van der Waals surface area contributed by atoms with E-state index in [1.807, 2.05) is 6.92 Å². The lowest BCUT2D eigenvalue weighted by molar-refractivity contribution is -0.137. The average Bonchev–Trinajstić information content (AvgIpc) is 2.65. The highest BCUT2D eigenvalue weighted by molar-refractivity contribution is 6.07. The molecule has 1 aromatic carbocycles. The number of anilines is 2. The maximum atomic E-state index is 13.1. The van der Waals surface area contributed by atoms with Crippen LogP contribution in [-0.2, 0) is 12.7 Å². The van der Waals surface area contributed by atoms with Gasteiger partial charge in [-0.15, -0.1) is 0 Å². The summed E-state index contributed by atoms with van der Waals surface area (Å²) in [6.45, 7) is 5.73. The number of nitrogen functional groups attached to an aromatic ring is 1. The first kappa shape index (κ1) is 23.2. The van der Waals surface area contributed by atoms with E-state index in [9.17, 15) is 27.6 Å². The Bertz CT molecular complexity index is 1030. The smallest absolute Gasteiger partial charge is 0.383 e. The summed E-state index contributed by atoms with van der Waals surface area (Å²) >= 11 is 0. The lowest BCUT2D eigenvalue weighted by Crippen LogP contribution is -2.42. The van der Waals surface area contributed by atoms with Gasteiger partial charge in [0.05, 0.1) is 5.56 Å². The molecule has 0 spiro atoms. The molecular formula is C20H25F3N4O3. The van der Waals surface area contributed by atoms with E-state index < -0.39 is 28.9 Å². The second kappa shape index (κ2) is 9.19. The van der Waals surface area contributed by atoms with Gasteiger partial charge in [-0.3, -0.25) is 19.1 Å². The van der Waals surface area contributed by atoms with Crippen LogP contribution in [0, 0.1) is 5.92 Å². The van der Waals surface area contributed by atoms with Crippen molar-refractivity contribution in [3.63, 3.8) is 0 Å². The number of hydrogen-bond donors (Lipinski definition) is 2. The van der Waals surface area contributed by atoms with Crippen molar-refractivity contribution < 1.29 is 18.0 Å². The monoisotopic (exact) mass is 426 g/mol. The average molecular weight is 426 g/mol. The van der Waals surface area contributed by atoms with Crippen LogP contribution in [0.15, 0.2) is 33.9 Å². The number of alkyl halides is 3. The first-order valence-electron chi connectivity index (χ1n) is 9.59. The molecule has 3 N–H and O–H groups in total. The number of hydrogen-bond acceptors (Lipinski definition) is 4. The van der Waals surface area contributed by atoms with Gasteiger partial charge in [-0.2, -0.15) is 13.2 Å². The first-order valence-corrected chi connectivity index (χ1v) is 9.59. The molecule has 1 aromatic heterocycles. The highest BCUT2D eigenvalue weighted by atomic mass is 19.4. The molecular weight excluding hydrogens is 401 g/mol. The Kier molecular flexibility index (Phi) is 7.12. The number of benzene rings is 1. The molecule has 0 atom stereocenters. The molecule has 0 fully saturated rings. The lowest BCUT2D eigenvalue weighted by Gasteiger charge is -2.26. The van der Waals surface area contributed by atoms with Crippen molar-refractivity contribution in [2.45, 2.75) is 46.3 Å². The van der Waals surface area contributed by atoms with E-state index >= 15 is 0 Å². The Morgan fingerprint density at radius 1 is 1.27 bits per heavy atom. The van der Waals surface area contributed by atoms with E-state index in [-0.39, 0.29) is 36.1 Å². The molecule has 10 heteroatoms. The van der Waals surface area contributed by atoms with Gasteiger partial charge in [0.2, 0.25) is 0 Å². The molecule has 164 valence electrons. The molecule has 0 aliphatic carbocycles. The normalized spacial score (nSPS) is 11.7. The summed E-state index contributed by atoms with van der Waals surface area (Å²) in [5.41, 5.74) is 3.05. The minimum atomic E-state index is -4.62. The number of aromatic amines is 1. The number of nitrogens with zero attached hydrogens (tertiary/aromatic N) is 2. The highest BCUT2D eigenvalue weighted by Crippen LogP contribution is 2.30. The van der Waals surface area contributed by atoms with Crippen LogP contribution in [0.4, 0.5) is 24.7 Å². The Balaban J connectivity index is 2.63. The zero-order valence-electron chi connectivity index (χ0n) is 17.0. The Labute approximate surface area is 171 Å². The maximum absolute atomic E-state index is 13.1. The van der Waals surface area contributed by atoms with Crippen molar-refractivity contribution >= 4 is 17.4 Å². The number of carbonyl (C=O) groups is 1. The Hall–Kier alpha value is -3.04. The molecule has 0 aliphatic rings. The van der Waals surface area contributed by atoms with Crippen LogP contribution in [0.25, 0.3) is 0 Å². The molecule has 0 saturated heterocycles. The molecule has 1 amide bonds. The van der Waals surface area contributed by atoms with E-state index in [0.29, 0.717) is 6.42 Å². The second-order valence-corrected chi connectivity index (χ2v) is 7.39. The van der Waals surface area contributed by atoms with Crippen LogP contribution >= 0.6 is 0 Å². The fourth-order valence-corrected chi connectivity index (χ4v) is 3.00. The first-order chi connectivity index (χ1) is 14.0. The zero-order valence-corrected chi connectivity index (χ0v) is 17.0. The van der Waals surface area contributed by atoms with E-state index in [1.54, 1.807) is 13.8 Å². The summed E-state index contributed by atoms with van der Waals surface area (Å²) < 4.78 is 40.4. The number of carbonyl (C=O) groups excluding carboxylic acids is 1. The third-order valence-corrected chi connectivity index (χ3v) is 4.45. The summed E-state index contributed by atoms with van der Waals surface area (Å²) in [7, 11) is 0. The van der Waals surface area contributed by atoms with Gasteiger partial charge in [0.25, 0.3) is 11.5 Å². The molecule has 0 bridgehead atoms. The van der Waals surface area contributed by atoms with E-state index in [0.717, 1.165) is 34.1 Å². The molecule has 2 rings (SSSR count). The number of rotatable bonds is 7. The van der Waals surface area contributed by atoms with Crippen molar-refractivity contribution in [3.8, 4) is 0 Å². The van der Waals surface area contributed by atoms with Crippen LogP contribution in [0.3, 0.4) is 0 Å².